The highest BCUT2D eigenvalue weighted by atomic mass is 16.2. The minimum atomic E-state index is -0.152. The number of nitrogens with one attached hydrogen (secondary N) is 3. The van der Waals surface area contributed by atoms with Crippen LogP contribution < -0.4 is 10.6 Å². The Kier molecular flexibility index (Phi) is 3.94. The number of amides is 2. The summed E-state index contributed by atoms with van der Waals surface area (Å²) in [5.74, 6) is -0.234. The molecule has 2 aromatic carbocycles. The number of benzene rings is 2. The molecule has 2 amide bonds. The lowest BCUT2D eigenvalue weighted by Gasteiger charge is -2.22. The van der Waals surface area contributed by atoms with E-state index in [-0.39, 0.29) is 11.8 Å². The van der Waals surface area contributed by atoms with Crippen molar-refractivity contribution < 1.29 is 9.59 Å². The fourth-order valence-corrected chi connectivity index (χ4v) is 4.27. The van der Waals surface area contributed by atoms with E-state index in [0.29, 0.717) is 29.8 Å². The van der Waals surface area contributed by atoms with Gasteiger partial charge in [0.25, 0.3) is 11.8 Å². The van der Waals surface area contributed by atoms with E-state index in [1.165, 1.54) is 11.3 Å². The molecule has 0 aliphatic carbocycles. The average Bonchev–Trinajstić information content (AvgIpc) is 3.06. The molecule has 5 rings (SSSR count). The lowest BCUT2D eigenvalue weighted by atomic mass is 9.98. The van der Waals surface area contributed by atoms with Gasteiger partial charge in [0.05, 0.1) is 0 Å². The van der Waals surface area contributed by atoms with Crippen molar-refractivity contribution in [2.24, 2.45) is 0 Å². The Labute approximate surface area is 162 Å². The number of fused-ring (bicyclic) bond motifs is 4. The first-order valence-electron chi connectivity index (χ1n) is 9.63. The van der Waals surface area contributed by atoms with Gasteiger partial charge >= 0.3 is 0 Å². The summed E-state index contributed by atoms with van der Waals surface area (Å²) in [6, 6.07) is 11.3. The van der Waals surface area contributed by atoms with Gasteiger partial charge in [-0.15, -0.1) is 0 Å². The van der Waals surface area contributed by atoms with Crippen LogP contribution in [0.15, 0.2) is 36.4 Å². The number of hydrogen-bond donors (Lipinski definition) is 3. The molecule has 3 aromatic rings. The van der Waals surface area contributed by atoms with Crippen molar-refractivity contribution in [3.63, 3.8) is 0 Å². The van der Waals surface area contributed by atoms with Crippen LogP contribution in [0.1, 0.15) is 37.5 Å². The van der Waals surface area contributed by atoms with Crippen molar-refractivity contribution >= 4 is 28.4 Å². The first kappa shape index (κ1) is 17.0. The molecule has 0 saturated heterocycles. The van der Waals surface area contributed by atoms with E-state index >= 15 is 0 Å². The molecular weight excluding hydrogens is 352 g/mol. The van der Waals surface area contributed by atoms with Gasteiger partial charge in [0.2, 0.25) is 0 Å². The fraction of sp³-hybridized carbons (Fsp3) is 0.273. The Balaban J connectivity index is 1.48. The molecule has 6 heteroatoms. The summed E-state index contributed by atoms with van der Waals surface area (Å²) < 4.78 is 0. The molecule has 0 fully saturated rings. The highest BCUT2D eigenvalue weighted by molar-refractivity contribution is 6.08. The maximum atomic E-state index is 12.9. The monoisotopic (exact) mass is 374 g/mol. The van der Waals surface area contributed by atoms with Crippen LogP contribution in [0.2, 0.25) is 0 Å². The van der Waals surface area contributed by atoms with Gasteiger partial charge < -0.3 is 20.5 Å². The summed E-state index contributed by atoms with van der Waals surface area (Å²) in [4.78, 5) is 30.8. The van der Waals surface area contributed by atoms with Gasteiger partial charge in [0, 0.05) is 59.5 Å². The minimum Gasteiger partial charge on any atom is -0.358 e. The van der Waals surface area contributed by atoms with Crippen molar-refractivity contribution in [1.82, 2.24) is 15.2 Å². The molecule has 1 aromatic heterocycles. The molecule has 28 heavy (non-hydrogen) atoms. The number of carbonyl (C=O) groups is 2. The predicted molar refractivity (Wildman–Crippen MR) is 109 cm³/mol. The number of likely N-dealkylation sites (N-methyl/N-ethyl adjacent to an activating group) is 1. The average molecular weight is 374 g/mol. The van der Waals surface area contributed by atoms with Crippen molar-refractivity contribution in [2.45, 2.75) is 19.4 Å². The van der Waals surface area contributed by atoms with Crippen molar-refractivity contribution in [2.75, 3.05) is 25.5 Å². The summed E-state index contributed by atoms with van der Waals surface area (Å²) in [7, 11) is 2.12. The van der Waals surface area contributed by atoms with Gasteiger partial charge in [-0.2, -0.15) is 0 Å². The quantitative estimate of drug-likeness (QED) is 0.645. The Hall–Kier alpha value is -3.12. The highest BCUT2D eigenvalue weighted by Gasteiger charge is 2.22. The zero-order chi connectivity index (χ0) is 19.3. The zero-order valence-corrected chi connectivity index (χ0v) is 15.8. The third kappa shape index (κ3) is 2.77. The van der Waals surface area contributed by atoms with Gasteiger partial charge in [-0.3, -0.25) is 9.59 Å². The van der Waals surface area contributed by atoms with E-state index in [1.54, 1.807) is 12.1 Å². The largest absolute Gasteiger partial charge is 0.358 e. The molecule has 3 N–H and O–H groups in total. The van der Waals surface area contributed by atoms with E-state index < -0.39 is 0 Å². The van der Waals surface area contributed by atoms with Crippen LogP contribution in [0.5, 0.6) is 0 Å². The molecular formula is C22H22N4O2. The van der Waals surface area contributed by atoms with E-state index in [2.05, 4.69) is 27.6 Å². The topological polar surface area (TPSA) is 77.2 Å². The van der Waals surface area contributed by atoms with Gasteiger partial charge in [-0.25, -0.2) is 0 Å². The maximum Gasteiger partial charge on any atom is 0.255 e. The summed E-state index contributed by atoms with van der Waals surface area (Å²) in [5.41, 5.74) is 6.52. The SMILES string of the molecule is CN1CCc2[nH]c3ccc(C(=O)Nc4cccc5c4CCNC5=O)cc3c2C1. The molecule has 0 radical (unpaired) electrons. The minimum absolute atomic E-state index is 0.0816. The first-order valence-corrected chi connectivity index (χ1v) is 9.63. The Morgan fingerprint density at radius 1 is 1.14 bits per heavy atom. The normalized spacial score (nSPS) is 16.4. The lowest BCUT2D eigenvalue weighted by molar-refractivity contribution is 0.0944. The molecule has 0 saturated carbocycles. The zero-order valence-electron chi connectivity index (χ0n) is 15.8. The smallest absolute Gasteiger partial charge is 0.255 e. The number of nitrogens with zero attached hydrogens (tertiary/aromatic N) is 1. The molecule has 0 unspecified atom stereocenters. The molecule has 0 atom stereocenters. The summed E-state index contributed by atoms with van der Waals surface area (Å²) in [6.07, 6.45) is 1.72. The van der Waals surface area contributed by atoms with Gasteiger partial charge in [0.15, 0.2) is 0 Å². The van der Waals surface area contributed by atoms with E-state index in [1.807, 2.05) is 24.3 Å². The Bertz CT molecular complexity index is 1120. The van der Waals surface area contributed by atoms with Crippen LogP contribution >= 0.6 is 0 Å². The molecule has 0 spiro atoms. The third-order valence-electron chi connectivity index (χ3n) is 5.76. The molecule has 2 aliphatic rings. The summed E-state index contributed by atoms with van der Waals surface area (Å²) >= 11 is 0. The summed E-state index contributed by atoms with van der Waals surface area (Å²) in [5, 5.41) is 6.97. The number of aromatic nitrogens is 1. The first-order chi connectivity index (χ1) is 13.6. The standard InChI is InChI=1S/C22H22N4O2/c1-26-10-8-20-17(12-26)16-11-13(5-6-19(16)24-20)21(27)25-18-4-2-3-15-14(18)7-9-23-22(15)28/h2-6,11,24H,7-10,12H2,1H3,(H,23,28)(H,25,27). The second-order valence-corrected chi connectivity index (χ2v) is 7.62. The van der Waals surface area contributed by atoms with Gasteiger partial charge in [-0.05, 0) is 54.9 Å². The van der Waals surface area contributed by atoms with Crippen molar-refractivity contribution in [1.29, 1.82) is 0 Å². The molecule has 3 heterocycles. The molecule has 6 nitrogen and oxygen atoms in total. The van der Waals surface area contributed by atoms with Crippen LogP contribution in [-0.4, -0.2) is 41.8 Å². The molecule has 2 aliphatic heterocycles. The van der Waals surface area contributed by atoms with Crippen LogP contribution in [0.4, 0.5) is 5.69 Å². The number of hydrogen-bond acceptors (Lipinski definition) is 3. The van der Waals surface area contributed by atoms with Gasteiger partial charge in [0.1, 0.15) is 0 Å². The number of aromatic amines is 1. The Morgan fingerprint density at radius 2 is 2.04 bits per heavy atom. The second-order valence-electron chi connectivity index (χ2n) is 7.62. The van der Waals surface area contributed by atoms with Crippen molar-refractivity contribution in [3.05, 3.63) is 64.3 Å². The van der Waals surface area contributed by atoms with E-state index in [4.69, 9.17) is 0 Å². The van der Waals surface area contributed by atoms with Crippen LogP contribution in [0, 0.1) is 0 Å². The maximum absolute atomic E-state index is 12.9. The van der Waals surface area contributed by atoms with E-state index in [0.717, 1.165) is 36.0 Å². The summed E-state index contributed by atoms with van der Waals surface area (Å²) in [6.45, 7) is 2.52. The van der Waals surface area contributed by atoms with Crippen LogP contribution in [0.3, 0.4) is 0 Å². The number of anilines is 1. The number of carbonyl (C=O) groups excluding carboxylic acids is 2. The predicted octanol–water partition coefficient (Wildman–Crippen LogP) is 2.69. The van der Waals surface area contributed by atoms with Crippen LogP contribution in [0.25, 0.3) is 10.9 Å². The number of rotatable bonds is 2. The Morgan fingerprint density at radius 3 is 2.93 bits per heavy atom. The third-order valence-corrected chi connectivity index (χ3v) is 5.76. The second kappa shape index (κ2) is 6.49. The molecule has 142 valence electrons. The van der Waals surface area contributed by atoms with Gasteiger partial charge in [-0.1, -0.05) is 6.07 Å². The van der Waals surface area contributed by atoms with E-state index in [9.17, 15) is 9.59 Å². The fourth-order valence-electron chi connectivity index (χ4n) is 4.27. The molecule has 0 bridgehead atoms. The number of H-pyrrole nitrogens is 1. The highest BCUT2D eigenvalue weighted by Crippen LogP contribution is 2.29. The van der Waals surface area contributed by atoms with Crippen molar-refractivity contribution in [3.8, 4) is 0 Å². The lowest BCUT2D eigenvalue weighted by Crippen LogP contribution is -2.32. The van der Waals surface area contributed by atoms with Crippen LogP contribution in [-0.2, 0) is 19.4 Å².